The number of nitrogens with two attached hydrogens (primary N) is 1. The monoisotopic (exact) mass is 418 g/mol. The van der Waals surface area contributed by atoms with Crippen molar-refractivity contribution in [2.45, 2.75) is 32.2 Å². The number of anilines is 2. The zero-order chi connectivity index (χ0) is 21.5. The number of carbonyl (C=O) groups excluding carboxylic acids is 2. The lowest BCUT2D eigenvalue weighted by Gasteiger charge is -2.67. The van der Waals surface area contributed by atoms with Crippen molar-refractivity contribution >= 4 is 28.9 Å². The standard InChI is InChI=1S/C23H26N6O2/c24-9-15-1-3-17(4-2-15)28-20(30)22-12-23(13-22,14-22)21(31)29-19-11-26-18(10-27-19)16-5-7-25-8-6-16/h1-5,10-11,25H,6-9,12-14,24H2,(H,28,30)(H,27,29,31). The second kappa shape index (κ2) is 7.55. The van der Waals surface area contributed by atoms with Crippen LogP contribution in [0.5, 0.6) is 0 Å². The number of nitrogens with zero attached hydrogens (tertiary/aromatic N) is 2. The molecule has 2 amide bonds. The van der Waals surface area contributed by atoms with E-state index in [0.29, 0.717) is 31.6 Å². The Labute approximate surface area is 180 Å². The molecule has 6 rings (SSSR count). The Morgan fingerprint density at radius 1 is 1.00 bits per heavy atom. The SMILES string of the molecule is NCc1ccc(NC(=O)C23CC(C(=O)Nc4cnc(C5=CCNCC5)cn4)(C2)C3)cc1. The molecule has 0 unspecified atom stereocenters. The minimum absolute atomic E-state index is 0.0120. The molecule has 1 aliphatic heterocycles. The van der Waals surface area contributed by atoms with Gasteiger partial charge < -0.3 is 21.7 Å². The van der Waals surface area contributed by atoms with Gasteiger partial charge in [-0.1, -0.05) is 18.2 Å². The lowest BCUT2D eigenvalue weighted by Crippen LogP contribution is -2.70. The van der Waals surface area contributed by atoms with Gasteiger partial charge in [0.2, 0.25) is 11.8 Å². The molecule has 2 aromatic rings. The number of hydrogen-bond donors (Lipinski definition) is 4. The first-order chi connectivity index (χ1) is 15.0. The van der Waals surface area contributed by atoms with Crippen molar-refractivity contribution < 1.29 is 9.59 Å². The summed E-state index contributed by atoms with van der Waals surface area (Å²) in [5.74, 6) is 0.367. The van der Waals surface area contributed by atoms with E-state index in [4.69, 9.17) is 5.73 Å². The van der Waals surface area contributed by atoms with Crippen LogP contribution in [-0.2, 0) is 16.1 Å². The van der Waals surface area contributed by atoms with E-state index < -0.39 is 10.8 Å². The molecular formula is C23H26N6O2. The Hall–Kier alpha value is -3.10. The summed E-state index contributed by atoms with van der Waals surface area (Å²) >= 11 is 0. The second-order valence-corrected chi connectivity index (χ2v) is 8.87. The molecule has 1 aromatic carbocycles. The molecule has 1 aromatic heterocycles. The third-order valence-electron chi connectivity index (χ3n) is 6.73. The van der Waals surface area contributed by atoms with E-state index in [1.54, 1.807) is 12.4 Å². The fourth-order valence-electron chi connectivity index (χ4n) is 4.92. The molecule has 0 saturated heterocycles. The average Bonchev–Trinajstić information content (AvgIpc) is 2.73. The lowest BCUT2D eigenvalue weighted by atomic mass is 9.34. The highest BCUT2D eigenvalue weighted by atomic mass is 16.2. The number of nitrogens with one attached hydrogen (secondary N) is 3. The predicted octanol–water partition coefficient (Wildman–Crippen LogP) is 2.06. The highest BCUT2D eigenvalue weighted by molar-refractivity contribution is 6.05. The number of carbonyl (C=O) groups is 2. The van der Waals surface area contributed by atoms with Crippen molar-refractivity contribution in [3.63, 3.8) is 0 Å². The first-order valence-corrected chi connectivity index (χ1v) is 10.7. The summed E-state index contributed by atoms with van der Waals surface area (Å²) in [6, 6.07) is 7.52. The van der Waals surface area contributed by atoms with Crippen molar-refractivity contribution in [3.8, 4) is 0 Å². The molecule has 160 valence electrons. The Morgan fingerprint density at radius 3 is 2.29 bits per heavy atom. The number of amides is 2. The van der Waals surface area contributed by atoms with E-state index >= 15 is 0 Å². The minimum Gasteiger partial charge on any atom is -0.326 e. The van der Waals surface area contributed by atoms with Crippen molar-refractivity contribution in [1.82, 2.24) is 15.3 Å². The summed E-state index contributed by atoms with van der Waals surface area (Å²) in [4.78, 5) is 34.3. The van der Waals surface area contributed by atoms with E-state index in [-0.39, 0.29) is 11.8 Å². The molecule has 0 atom stereocenters. The average molecular weight is 419 g/mol. The number of benzene rings is 1. The number of hydrogen-bond acceptors (Lipinski definition) is 6. The molecule has 5 N–H and O–H groups in total. The molecule has 3 saturated carbocycles. The van der Waals surface area contributed by atoms with Gasteiger partial charge in [-0.3, -0.25) is 14.6 Å². The summed E-state index contributed by atoms with van der Waals surface area (Å²) in [5, 5.41) is 9.13. The van der Waals surface area contributed by atoms with E-state index in [9.17, 15) is 9.59 Å². The van der Waals surface area contributed by atoms with E-state index in [1.807, 2.05) is 24.3 Å². The van der Waals surface area contributed by atoms with Gasteiger partial charge in [-0.15, -0.1) is 0 Å². The van der Waals surface area contributed by atoms with Crippen molar-refractivity contribution in [2.75, 3.05) is 23.7 Å². The van der Waals surface area contributed by atoms with Gasteiger partial charge in [0.15, 0.2) is 5.82 Å². The summed E-state index contributed by atoms with van der Waals surface area (Å²) in [5.41, 5.74) is 8.51. The number of rotatable bonds is 6. The summed E-state index contributed by atoms with van der Waals surface area (Å²) in [6.07, 6.45) is 8.07. The molecule has 2 bridgehead atoms. The predicted molar refractivity (Wildman–Crippen MR) is 118 cm³/mol. The molecule has 3 fully saturated rings. The van der Waals surface area contributed by atoms with Gasteiger partial charge in [-0.05, 0) is 55.5 Å². The summed E-state index contributed by atoms with van der Waals surface area (Å²) < 4.78 is 0. The zero-order valence-electron chi connectivity index (χ0n) is 17.3. The van der Waals surface area contributed by atoms with Crippen molar-refractivity contribution in [3.05, 3.63) is 54.0 Å². The van der Waals surface area contributed by atoms with Crippen LogP contribution in [0.2, 0.25) is 0 Å². The van der Waals surface area contributed by atoms with Crippen LogP contribution in [-0.4, -0.2) is 34.9 Å². The molecule has 31 heavy (non-hydrogen) atoms. The fraction of sp³-hybridized carbons (Fsp3) is 0.391. The van der Waals surface area contributed by atoms with E-state index in [0.717, 1.165) is 36.5 Å². The first kappa shape index (κ1) is 19.8. The zero-order valence-corrected chi connectivity index (χ0v) is 17.3. The van der Waals surface area contributed by atoms with Crippen LogP contribution in [0.15, 0.2) is 42.7 Å². The van der Waals surface area contributed by atoms with Crippen LogP contribution in [0.1, 0.15) is 36.9 Å². The van der Waals surface area contributed by atoms with Gasteiger partial charge in [-0.25, -0.2) is 4.98 Å². The van der Waals surface area contributed by atoms with Crippen LogP contribution >= 0.6 is 0 Å². The minimum atomic E-state index is -0.460. The van der Waals surface area contributed by atoms with E-state index in [1.165, 1.54) is 5.57 Å². The Bertz CT molecular complexity index is 1020. The lowest BCUT2D eigenvalue weighted by molar-refractivity contribution is -0.201. The van der Waals surface area contributed by atoms with Crippen molar-refractivity contribution in [2.24, 2.45) is 16.6 Å². The van der Waals surface area contributed by atoms with Crippen LogP contribution in [0.4, 0.5) is 11.5 Å². The third-order valence-corrected chi connectivity index (χ3v) is 6.73. The molecule has 4 aliphatic rings. The third kappa shape index (κ3) is 3.51. The molecule has 8 nitrogen and oxygen atoms in total. The molecule has 0 radical (unpaired) electrons. The quantitative estimate of drug-likeness (QED) is 0.570. The van der Waals surface area contributed by atoms with Gasteiger partial charge in [-0.2, -0.15) is 0 Å². The first-order valence-electron chi connectivity index (χ1n) is 10.7. The van der Waals surface area contributed by atoms with Gasteiger partial charge in [0.25, 0.3) is 0 Å². The Balaban J connectivity index is 1.15. The van der Waals surface area contributed by atoms with Gasteiger partial charge in [0.05, 0.1) is 28.9 Å². The van der Waals surface area contributed by atoms with Gasteiger partial charge in [0, 0.05) is 18.8 Å². The van der Waals surface area contributed by atoms with Crippen LogP contribution in [0.25, 0.3) is 5.57 Å². The second-order valence-electron chi connectivity index (χ2n) is 8.87. The largest absolute Gasteiger partial charge is 0.326 e. The molecular weight excluding hydrogens is 392 g/mol. The van der Waals surface area contributed by atoms with Crippen LogP contribution < -0.4 is 21.7 Å². The Morgan fingerprint density at radius 2 is 1.71 bits per heavy atom. The highest BCUT2D eigenvalue weighted by Gasteiger charge is 2.74. The molecule has 8 heteroatoms. The van der Waals surface area contributed by atoms with Crippen LogP contribution in [0, 0.1) is 10.8 Å². The maximum absolute atomic E-state index is 12.8. The highest BCUT2D eigenvalue weighted by Crippen LogP contribution is 2.73. The maximum Gasteiger partial charge on any atom is 0.231 e. The fourth-order valence-corrected chi connectivity index (χ4v) is 4.92. The van der Waals surface area contributed by atoms with Crippen LogP contribution in [0.3, 0.4) is 0 Å². The maximum atomic E-state index is 12.8. The number of aromatic nitrogens is 2. The smallest absolute Gasteiger partial charge is 0.231 e. The molecule has 0 spiro atoms. The van der Waals surface area contributed by atoms with Gasteiger partial charge in [0.1, 0.15) is 0 Å². The van der Waals surface area contributed by atoms with E-state index in [2.05, 4.69) is 32.0 Å². The Kier molecular flexibility index (Phi) is 4.83. The van der Waals surface area contributed by atoms with Gasteiger partial charge >= 0.3 is 0 Å². The topological polar surface area (TPSA) is 122 Å². The molecule has 2 heterocycles. The normalized spacial score (nSPS) is 26.2. The molecule has 3 aliphatic carbocycles. The summed E-state index contributed by atoms with van der Waals surface area (Å²) in [6.45, 7) is 2.24. The van der Waals surface area contributed by atoms with Crippen molar-refractivity contribution in [1.29, 1.82) is 0 Å². The summed E-state index contributed by atoms with van der Waals surface area (Å²) in [7, 11) is 0.